The van der Waals surface area contributed by atoms with E-state index in [0.29, 0.717) is 37.9 Å². The number of likely N-dealkylation sites (tertiary alicyclic amines) is 1. The highest BCUT2D eigenvalue weighted by atomic mass is 127. The number of amides is 1. The van der Waals surface area contributed by atoms with Gasteiger partial charge in [-0.3, -0.25) is 9.79 Å². The van der Waals surface area contributed by atoms with Crippen LogP contribution in [0.4, 0.5) is 0 Å². The lowest BCUT2D eigenvalue weighted by molar-refractivity contribution is -0.140. The maximum Gasteiger partial charge on any atom is 0.225 e. The van der Waals surface area contributed by atoms with Crippen molar-refractivity contribution in [3.63, 3.8) is 0 Å². The van der Waals surface area contributed by atoms with Gasteiger partial charge in [0.2, 0.25) is 5.91 Å². The molecule has 0 atom stereocenters. The summed E-state index contributed by atoms with van der Waals surface area (Å²) in [5.74, 6) is 1.24. The van der Waals surface area contributed by atoms with Crippen molar-refractivity contribution >= 4 is 47.4 Å². The SMILES string of the molecule is CN=C(NCc1cnn(-c2ccc(Cl)cc2)c1)N1CCC(C(=O)N2CCOCC2)CC1.I. The minimum atomic E-state index is 0. The highest BCUT2D eigenvalue weighted by Crippen LogP contribution is 2.20. The number of carbonyl (C=O) groups is 1. The Balaban J connectivity index is 0.00000289. The average Bonchev–Trinajstić information content (AvgIpc) is 3.29. The molecule has 0 radical (unpaired) electrons. The van der Waals surface area contributed by atoms with Crippen molar-refractivity contribution < 1.29 is 9.53 Å². The van der Waals surface area contributed by atoms with Crippen molar-refractivity contribution in [1.82, 2.24) is 24.9 Å². The highest BCUT2D eigenvalue weighted by molar-refractivity contribution is 14.0. The van der Waals surface area contributed by atoms with Crippen LogP contribution in [0.25, 0.3) is 5.69 Å². The van der Waals surface area contributed by atoms with Crippen molar-refractivity contribution in [3.8, 4) is 5.69 Å². The van der Waals surface area contributed by atoms with Crippen molar-refractivity contribution in [3.05, 3.63) is 47.2 Å². The largest absolute Gasteiger partial charge is 0.378 e. The van der Waals surface area contributed by atoms with Gasteiger partial charge in [-0.25, -0.2) is 4.68 Å². The molecular formula is C22H30ClIN6O2. The van der Waals surface area contributed by atoms with E-state index in [0.717, 1.165) is 43.1 Å². The van der Waals surface area contributed by atoms with Crippen LogP contribution < -0.4 is 5.32 Å². The normalized spacial score (nSPS) is 17.8. The van der Waals surface area contributed by atoms with Crippen LogP contribution in [0.1, 0.15) is 18.4 Å². The van der Waals surface area contributed by atoms with Gasteiger partial charge in [-0.05, 0) is 37.1 Å². The van der Waals surface area contributed by atoms with E-state index in [2.05, 4.69) is 20.3 Å². The number of guanidine groups is 1. The number of rotatable bonds is 4. The van der Waals surface area contributed by atoms with Gasteiger partial charge in [0.25, 0.3) is 0 Å². The van der Waals surface area contributed by atoms with Crippen LogP contribution in [-0.2, 0) is 16.1 Å². The molecule has 0 bridgehead atoms. The van der Waals surface area contributed by atoms with Crippen LogP contribution in [-0.4, -0.2) is 77.9 Å². The summed E-state index contributed by atoms with van der Waals surface area (Å²) >= 11 is 5.96. The fraction of sp³-hybridized carbons (Fsp3) is 0.500. The van der Waals surface area contributed by atoms with Crippen LogP contribution in [0, 0.1) is 5.92 Å². The van der Waals surface area contributed by atoms with Crippen LogP contribution in [0.2, 0.25) is 5.02 Å². The minimum absolute atomic E-state index is 0. The standard InChI is InChI=1S/C22H29ClN6O2.HI/c1-24-22(25-14-17-15-26-29(16-17)20-4-2-19(23)3-5-20)28-8-6-18(7-9-28)21(30)27-10-12-31-13-11-27;/h2-5,15-16,18H,6-14H2,1H3,(H,24,25);1H. The fourth-order valence-electron chi connectivity index (χ4n) is 4.08. The molecule has 2 fully saturated rings. The van der Waals surface area contributed by atoms with E-state index in [1.165, 1.54) is 0 Å². The molecule has 3 heterocycles. The second-order valence-corrected chi connectivity index (χ2v) is 8.31. The second kappa shape index (κ2) is 11.9. The van der Waals surface area contributed by atoms with E-state index in [1.807, 2.05) is 46.2 Å². The molecule has 4 rings (SSSR count). The number of morpholine rings is 1. The number of hydrogen-bond acceptors (Lipinski definition) is 4. The van der Waals surface area contributed by atoms with Crippen LogP contribution >= 0.6 is 35.6 Å². The smallest absolute Gasteiger partial charge is 0.225 e. The summed E-state index contributed by atoms with van der Waals surface area (Å²) in [5, 5.41) is 8.57. The molecule has 2 saturated heterocycles. The second-order valence-electron chi connectivity index (χ2n) is 7.87. The van der Waals surface area contributed by atoms with Crippen molar-refractivity contribution in [2.45, 2.75) is 19.4 Å². The van der Waals surface area contributed by atoms with E-state index < -0.39 is 0 Å². The summed E-state index contributed by atoms with van der Waals surface area (Å²) in [4.78, 5) is 21.4. The maximum atomic E-state index is 12.7. The molecule has 32 heavy (non-hydrogen) atoms. The zero-order chi connectivity index (χ0) is 21.6. The van der Waals surface area contributed by atoms with Gasteiger partial charge in [0.1, 0.15) is 0 Å². The summed E-state index contributed by atoms with van der Waals surface area (Å²) in [6, 6.07) is 7.58. The molecule has 174 valence electrons. The van der Waals surface area contributed by atoms with E-state index >= 15 is 0 Å². The molecule has 2 aromatic rings. The number of aromatic nitrogens is 2. The quantitative estimate of drug-likeness (QED) is 0.347. The monoisotopic (exact) mass is 572 g/mol. The number of ether oxygens (including phenoxy) is 1. The number of nitrogens with one attached hydrogen (secondary N) is 1. The lowest BCUT2D eigenvalue weighted by Crippen LogP contribution is -2.49. The predicted molar refractivity (Wildman–Crippen MR) is 136 cm³/mol. The van der Waals surface area contributed by atoms with E-state index in [-0.39, 0.29) is 35.8 Å². The van der Waals surface area contributed by atoms with E-state index in [9.17, 15) is 4.79 Å². The third-order valence-corrected chi connectivity index (χ3v) is 6.11. The summed E-state index contributed by atoms with van der Waals surface area (Å²) < 4.78 is 7.19. The number of hydrogen-bond donors (Lipinski definition) is 1. The molecule has 2 aliphatic heterocycles. The van der Waals surface area contributed by atoms with Gasteiger partial charge in [0.05, 0.1) is 25.1 Å². The minimum Gasteiger partial charge on any atom is -0.378 e. The number of halogens is 2. The molecule has 1 N–H and O–H groups in total. The predicted octanol–water partition coefficient (Wildman–Crippen LogP) is 2.79. The van der Waals surface area contributed by atoms with Gasteiger partial charge < -0.3 is 19.9 Å². The van der Waals surface area contributed by atoms with Gasteiger partial charge in [0.15, 0.2) is 5.96 Å². The zero-order valence-electron chi connectivity index (χ0n) is 18.2. The topological polar surface area (TPSA) is 75.0 Å². The van der Waals surface area contributed by atoms with Gasteiger partial charge in [-0.15, -0.1) is 24.0 Å². The Morgan fingerprint density at radius 1 is 1.16 bits per heavy atom. The highest BCUT2D eigenvalue weighted by Gasteiger charge is 2.30. The van der Waals surface area contributed by atoms with Crippen molar-refractivity contribution in [2.24, 2.45) is 10.9 Å². The molecule has 2 aliphatic rings. The molecule has 10 heteroatoms. The fourth-order valence-corrected chi connectivity index (χ4v) is 4.21. The summed E-state index contributed by atoms with van der Waals surface area (Å²) in [7, 11) is 1.80. The lowest BCUT2D eigenvalue weighted by atomic mass is 9.95. The Morgan fingerprint density at radius 3 is 2.50 bits per heavy atom. The molecule has 1 aromatic carbocycles. The van der Waals surface area contributed by atoms with Crippen molar-refractivity contribution in [2.75, 3.05) is 46.4 Å². The first-order chi connectivity index (χ1) is 15.1. The Hall–Kier alpha value is -1.85. The van der Waals surface area contributed by atoms with Gasteiger partial charge >= 0.3 is 0 Å². The maximum absolute atomic E-state index is 12.7. The first kappa shape index (κ1) is 24.8. The molecular weight excluding hydrogens is 543 g/mol. The van der Waals surface area contributed by atoms with E-state index in [4.69, 9.17) is 16.3 Å². The molecule has 1 aromatic heterocycles. The summed E-state index contributed by atoms with van der Waals surface area (Å²) in [5.41, 5.74) is 2.03. The lowest BCUT2D eigenvalue weighted by Gasteiger charge is -2.36. The van der Waals surface area contributed by atoms with Crippen LogP contribution in [0.15, 0.2) is 41.7 Å². The van der Waals surface area contributed by atoms with Gasteiger partial charge in [-0.2, -0.15) is 5.10 Å². The third kappa shape index (κ3) is 6.14. The Morgan fingerprint density at radius 2 is 1.84 bits per heavy atom. The summed E-state index contributed by atoms with van der Waals surface area (Å²) in [6.45, 7) is 5.01. The zero-order valence-corrected chi connectivity index (χ0v) is 21.3. The van der Waals surface area contributed by atoms with Gasteiger partial charge in [0, 0.05) is 62.5 Å². The van der Waals surface area contributed by atoms with Crippen molar-refractivity contribution in [1.29, 1.82) is 0 Å². The molecule has 0 aliphatic carbocycles. The third-order valence-electron chi connectivity index (χ3n) is 5.86. The summed E-state index contributed by atoms with van der Waals surface area (Å²) in [6.07, 6.45) is 5.55. The Kier molecular flexibility index (Phi) is 9.18. The molecule has 0 spiro atoms. The number of nitrogens with zero attached hydrogens (tertiary/aromatic N) is 5. The first-order valence-electron chi connectivity index (χ1n) is 10.8. The number of carbonyl (C=O) groups excluding carboxylic acids is 1. The number of piperidine rings is 1. The first-order valence-corrected chi connectivity index (χ1v) is 11.1. The number of benzene rings is 1. The molecule has 0 saturated carbocycles. The molecule has 8 nitrogen and oxygen atoms in total. The molecule has 0 unspecified atom stereocenters. The molecule has 1 amide bonds. The Bertz CT molecular complexity index is 905. The van der Waals surface area contributed by atoms with E-state index in [1.54, 1.807) is 7.05 Å². The Labute approximate surface area is 211 Å². The average molecular weight is 573 g/mol. The van der Waals surface area contributed by atoms with Gasteiger partial charge in [-0.1, -0.05) is 11.6 Å². The number of aliphatic imine (C=N–C) groups is 1. The van der Waals surface area contributed by atoms with Crippen LogP contribution in [0.3, 0.4) is 0 Å². The van der Waals surface area contributed by atoms with Crippen LogP contribution in [0.5, 0.6) is 0 Å².